The molecule has 162 valence electrons. The van der Waals surface area contributed by atoms with Crippen molar-refractivity contribution < 1.29 is 4.79 Å². The van der Waals surface area contributed by atoms with Gasteiger partial charge < -0.3 is 10.6 Å². The molecule has 0 aliphatic heterocycles. The number of carbonyl (C=O) groups is 1. The van der Waals surface area contributed by atoms with Crippen molar-refractivity contribution in [3.63, 3.8) is 0 Å². The van der Waals surface area contributed by atoms with Crippen LogP contribution >= 0.6 is 0 Å². The summed E-state index contributed by atoms with van der Waals surface area (Å²) in [4.78, 5) is 19.9. The molecule has 0 aliphatic carbocycles. The number of anilines is 2. The number of aryl methyl sites for hydroxylation is 2. The zero-order chi connectivity index (χ0) is 23.1. The smallest absolute Gasteiger partial charge is 0.258 e. The highest BCUT2D eigenvalue weighted by atomic mass is 16.2. The lowest BCUT2D eigenvalue weighted by molar-refractivity contribution is 0.0985. The first-order chi connectivity index (χ1) is 15.9. The van der Waals surface area contributed by atoms with Crippen molar-refractivity contribution in [3.8, 4) is 12.3 Å². The summed E-state index contributed by atoms with van der Waals surface area (Å²) in [6.07, 6.45) is 10.7. The van der Waals surface area contributed by atoms with Crippen LogP contribution in [-0.4, -0.2) is 30.5 Å². The van der Waals surface area contributed by atoms with Gasteiger partial charge in [-0.25, -0.2) is 4.98 Å². The highest BCUT2D eigenvalue weighted by molar-refractivity contribution is 6.12. The van der Waals surface area contributed by atoms with Crippen LogP contribution in [0.5, 0.6) is 0 Å². The van der Waals surface area contributed by atoms with Crippen LogP contribution in [0.15, 0.2) is 61.1 Å². The maximum atomic E-state index is 13.7. The number of terminal acetylenes is 1. The SMILES string of the molecule is C#Cc1ccc(CN(C(=O)c2ccc3nc(N)c4cnn(C)c4c3c2)c2cnn(C)c2)cc1. The molecule has 0 atom stereocenters. The summed E-state index contributed by atoms with van der Waals surface area (Å²) in [5.74, 6) is 2.87. The predicted molar refractivity (Wildman–Crippen MR) is 129 cm³/mol. The maximum Gasteiger partial charge on any atom is 0.258 e. The summed E-state index contributed by atoms with van der Waals surface area (Å²) in [6.45, 7) is 0.370. The molecule has 3 heterocycles. The Morgan fingerprint density at radius 1 is 1.09 bits per heavy atom. The molecule has 0 radical (unpaired) electrons. The highest BCUT2D eigenvalue weighted by Gasteiger charge is 2.21. The van der Waals surface area contributed by atoms with E-state index in [1.807, 2.05) is 56.7 Å². The largest absolute Gasteiger partial charge is 0.383 e. The number of nitrogen functional groups attached to an aromatic ring is 1. The Labute approximate surface area is 190 Å². The number of amides is 1. The Morgan fingerprint density at radius 2 is 1.88 bits per heavy atom. The summed E-state index contributed by atoms with van der Waals surface area (Å²) in [5.41, 5.74) is 10.6. The van der Waals surface area contributed by atoms with E-state index in [4.69, 9.17) is 12.2 Å². The maximum absolute atomic E-state index is 13.7. The number of hydrogen-bond donors (Lipinski definition) is 1. The molecule has 0 unspecified atom stereocenters. The molecule has 0 fully saturated rings. The molecule has 5 rings (SSSR count). The lowest BCUT2D eigenvalue weighted by atomic mass is 10.1. The first-order valence-electron chi connectivity index (χ1n) is 10.3. The topological polar surface area (TPSA) is 94.9 Å². The van der Waals surface area contributed by atoms with Gasteiger partial charge in [0, 0.05) is 36.8 Å². The Balaban J connectivity index is 1.60. The second-order valence-corrected chi connectivity index (χ2v) is 7.86. The minimum atomic E-state index is -0.155. The van der Waals surface area contributed by atoms with Gasteiger partial charge in [0.25, 0.3) is 5.91 Å². The zero-order valence-electron chi connectivity index (χ0n) is 18.2. The van der Waals surface area contributed by atoms with E-state index in [9.17, 15) is 4.79 Å². The van der Waals surface area contributed by atoms with Crippen LogP contribution in [0.3, 0.4) is 0 Å². The number of nitrogens with two attached hydrogens (primary N) is 1. The number of nitrogens with zero attached hydrogens (tertiary/aromatic N) is 6. The fourth-order valence-corrected chi connectivity index (χ4v) is 3.96. The van der Waals surface area contributed by atoms with E-state index in [2.05, 4.69) is 21.1 Å². The van der Waals surface area contributed by atoms with Gasteiger partial charge in [0.15, 0.2) is 0 Å². The third kappa shape index (κ3) is 3.55. The summed E-state index contributed by atoms with van der Waals surface area (Å²) < 4.78 is 3.42. The second-order valence-electron chi connectivity index (χ2n) is 7.86. The van der Waals surface area contributed by atoms with Gasteiger partial charge in [-0.1, -0.05) is 18.1 Å². The molecule has 8 nitrogen and oxygen atoms in total. The summed E-state index contributed by atoms with van der Waals surface area (Å²) >= 11 is 0. The molecular weight excluding hydrogens is 414 g/mol. The monoisotopic (exact) mass is 435 g/mol. The molecule has 8 heteroatoms. The quantitative estimate of drug-likeness (QED) is 0.437. The van der Waals surface area contributed by atoms with E-state index < -0.39 is 0 Å². The van der Waals surface area contributed by atoms with Crippen LogP contribution in [0, 0.1) is 12.3 Å². The first-order valence-corrected chi connectivity index (χ1v) is 10.3. The first kappa shape index (κ1) is 20.3. The highest BCUT2D eigenvalue weighted by Crippen LogP contribution is 2.29. The lowest BCUT2D eigenvalue weighted by Crippen LogP contribution is -2.30. The number of fused-ring (bicyclic) bond motifs is 3. The Bertz CT molecular complexity index is 1550. The van der Waals surface area contributed by atoms with Crippen LogP contribution in [0.4, 0.5) is 11.5 Å². The molecule has 3 aromatic heterocycles. The fraction of sp³-hybridized carbons (Fsp3) is 0.120. The van der Waals surface area contributed by atoms with E-state index in [1.165, 1.54) is 0 Å². The second kappa shape index (κ2) is 7.80. The number of carbonyl (C=O) groups excluding carboxylic acids is 1. The molecular formula is C25H21N7O. The number of rotatable bonds is 4. The third-order valence-corrected chi connectivity index (χ3v) is 5.66. The normalized spacial score (nSPS) is 11.1. The molecule has 1 amide bonds. The van der Waals surface area contributed by atoms with Crippen LogP contribution in [0.2, 0.25) is 0 Å². The van der Waals surface area contributed by atoms with Crippen molar-refractivity contribution in [2.45, 2.75) is 6.54 Å². The number of benzene rings is 2. The van der Waals surface area contributed by atoms with Crippen LogP contribution in [0.25, 0.3) is 21.8 Å². The van der Waals surface area contributed by atoms with E-state index >= 15 is 0 Å². The zero-order valence-corrected chi connectivity index (χ0v) is 18.2. The van der Waals surface area contributed by atoms with Crippen LogP contribution in [0.1, 0.15) is 21.5 Å². The van der Waals surface area contributed by atoms with Crippen molar-refractivity contribution in [1.29, 1.82) is 0 Å². The van der Waals surface area contributed by atoms with E-state index in [0.29, 0.717) is 29.1 Å². The van der Waals surface area contributed by atoms with Gasteiger partial charge in [0.05, 0.1) is 41.0 Å². The predicted octanol–water partition coefficient (Wildman–Crippen LogP) is 3.27. The van der Waals surface area contributed by atoms with Crippen molar-refractivity contribution >= 4 is 39.2 Å². The van der Waals surface area contributed by atoms with Crippen molar-refractivity contribution in [2.24, 2.45) is 14.1 Å². The van der Waals surface area contributed by atoms with Crippen molar-refractivity contribution in [1.82, 2.24) is 24.5 Å². The van der Waals surface area contributed by atoms with Gasteiger partial charge in [-0.3, -0.25) is 14.2 Å². The summed E-state index contributed by atoms with van der Waals surface area (Å²) in [5, 5.41) is 10.1. The van der Waals surface area contributed by atoms with E-state index in [-0.39, 0.29) is 5.91 Å². The Kier molecular flexibility index (Phi) is 4.79. The van der Waals surface area contributed by atoms with Gasteiger partial charge in [0.1, 0.15) is 5.82 Å². The fourth-order valence-electron chi connectivity index (χ4n) is 3.96. The molecule has 2 aromatic carbocycles. The molecule has 0 aliphatic rings. The molecule has 2 N–H and O–H groups in total. The average Bonchev–Trinajstić information content (AvgIpc) is 3.43. The third-order valence-electron chi connectivity index (χ3n) is 5.66. The molecule has 5 aromatic rings. The number of aromatic nitrogens is 5. The van der Waals surface area contributed by atoms with Crippen molar-refractivity contribution in [2.75, 3.05) is 10.6 Å². The summed E-state index contributed by atoms with van der Waals surface area (Å²) in [6, 6.07) is 13.0. The molecule has 0 saturated heterocycles. The average molecular weight is 435 g/mol. The molecule has 0 bridgehead atoms. The van der Waals surface area contributed by atoms with Gasteiger partial charge in [-0.2, -0.15) is 10.2 Å². The van der Waals surface area contributed by atoms with Gasteiger partial charge in [-0.05, 0) is 35.9 Å². The molecule has 0 spiro atoms. The van der Waals surface area contributed by atoms with Crippen molar-refractivity contribution in [3.05, 3.63) is 77.7 Å². The molecule has 33 heavy (non-hydrogen) atoms. The minimum absolute atomic E-state index is 0.155. The van der Waals surface area contributed by atoms with Gasteiger partial charge >= 0.3 is 0 Å². The van der Waals surface area contributed by atoms with E-state index in [0.717, 1.165) is 27.4 Å². The van der Waals surface area contributed by atoms with Gasteiger partial charge in [-0.15, -0.1) is 6.42 Å². The summed E-state index contributed by atoms with van der Waals surface area (Å²) in [7, 11) is 3.66. The minimum Gasteiger partial charge on any atom is -0.383 e. The van der Waals surface area contributed by atoms with Crippen LogP contribution < -0.4 is 10.6 Å². The number of pyridine rings is 1. The van der Waals surface area contributed by atoms with Crippen LogP contribution in [-0.2, 0) is 20.6 Å². The standard InChI is InChI=1S/C25H21N7O/c1-4-16-5-7-17(8-6-16)14-32(19-12-27-30(2)15-19)25(33)18-9-10-22-20(11-18)23-21(24(26)29-22)13-28-31(23)3/h1,5-13,15H,14H2,2-3H3,(H2,26,29). The van der Waals surface area contributed by atoms with E-state index in [1.54, 1.807) is 32.7 Å². The lowest BCUT2D eigenvalue weighted by Gasteiger charge is -2.22. The Hall–Kier alpha value is -4.64. The van der Waals surface area contributed by atoms with Gasteiger partial charge in [0.2, 0.25) is 0 Å². The number of hydrogen-bond acceptors (Lipinski definition) is 5. The Morgan fingerprint density at radius 3 is 2.58 bits per heavy atom. The molecule has 0 saturated carbocycles.